The van der Waals surface area contributed by atoms with Gasteiger partial charge in [-0.05, 0) is 23.3 Å². The van der Waals surface area contributed by atoms with Gasteiger partial charge in [-0.2, -0.15) is 13.2 Å². The number of ether oxygens (including phenoxy) is 2. The van der Waals surface area contributed by atoms with Crippen LogP contribution in [0.25, 0.3) is 0 Å². The van der Waals surface area contributed by atoms with E-state index in [-0.39, 0.29) is 36.4 Å². The molecule has 0 amide bonds. The Morgan fingerprint density at radius 3 is 2.37 bits per heavy atom. The van der Waals surface area contributed by atoms with Gasteiger partial charge < -0.3 is 20.1 Å². The Bertz CT molecular complexity index is 786. The van der Waals surface area contributed by atoms with Crippen molar-refractivity contribution in [2.75, 3.05) is 26.8 Å². The van der Waals surface area contributed by atoms with Gasteiger partial charge in [-0.3, -0.25) is 4.99 Å². The highest BCUT2D eigenvalue weighted by atomic mass is 127. The van der Waals surface area contributed by atoms with E-state index in [4.69, 9.17) is 4.74 Å². The average molecular weight is 541 g/mol. The second-order valence-electron chi connectivity index (χ2n) is 6.08. The van der Waals surface area contributed by atoms with Crippen LogP contribution in [0.5, 0.6) is 5.75 Å². The maximum atomic E-state index is 13.1. The molecule has 0 aliphatic heterocycles. The number of nitrogens with one attached hydrogen (secondary N) is 2. The van der Waals surface area contributed by atoms with Crippen LogP contribution in [0.2, 0.25) is 0 Å². The third-order valence-electron chi connectivity index (χ3n) is 3.70. The predicted octanol–water partition coefficient (Wildman–Crippen LogP) is 4.27. The van der Waals surface area contributed by atoms with Crippen molar-refractivity contribution in [2.24, 2.45) is 4.99 Å². The number of rotatable bonds is 9. The van der Waals surface area contributed by atoms with Crippen LogP contribution in [0.1, 0.15) is 11.1 Å². The van der Waals surface area contributed by atoms with E-state index in [0.717, 1.165) is 5.56 Å². The highest BCUT2D eigenvalue weighted by Gasteiger charge is 2.27. The quantitative estimate of drug-likeness (QED) is 0.164. The number of hydrogen-bond acceptors (Lipinski definition) is 3. The van der Waals surface area contributed by atoms with Crippen LogP contribution in [0.4, 0.5) is 17.6 Å². The zero-order valence-electron chi connectivity index (χ0n) is 16.3. The molecular weight excluding hydrogens is 517 g/mol. The third kappa shape index (κ3) is 10.6. The van der Waals surface area contributed by atoms with Crippen molar-refractivity contribution in [1.82, 2.24) is 10.6 Å². The van der Waals surface area contributed by atoms with E-state index in [1.165, 1.54) is 12.1 Å². The number of aliphatic imine (C=N–C) groups is 1. The van der Waals surface area contributed by atoms with Gasteiger partial charge in [0, 0.05) is 19.7 Å². The lowest BCUT2D eigenvalue weighted by molar-refractivity contribution is -0.176. The smallest absolute Gasteiger partial charge is 0.411 e. The van der Waals surface area contributed by atoms with Crippen LogP contribution in [0, 0.1) is 5.82 Å². The van der Waals surface area contributed by atoms with E-state index in [1.807, 2.05) is 0 Å². The Morgan fingerprint density at radius 1 is 1.03 bits per heavy atom. The van der Waals surface area contributed by atoms with Crippen molar-refractivity contribution in [3.05, 3.63) is 65.5 Å². The van der Waals surface area contributed by atoms with Gasteiger partial charge in [0.2, 0.25) is 0 Å². The van der Waals surface area contributed by atoms with Gasteiger partial charge in [0.15, 0.2) is 5.96 Å². The highest BCUT2D eigenvalue weighted by Crippen LogP contribution is 2.16. The second kappa shape index (κ2) is 13.3. The van der Waals surface area contributed by atoms with Gasteiger partial charge in [-0.1, -0.05) is 30.3 Å². The summed E-state index contributed by atoms with van der Waals surface area (Å²) in [7, 11) is 1.63. The van der Waals surface area contributed by atoms with Gasteiger partial charge >= 0.3 is 6.18 Å². The van der Waals surface area contributed by atoms with Crippen molar-refractivity contribution in [1.29, 1.82) is 0 Å². The lowest BCUT2D eigenvalue weighted by atomic mass is 10.1. The number of halogens is 5. The maximum Gasteiger partial charge on any atom is 0.411 e. The summed E-state index contributed by atoms with van der Waals surface area (Å²) in [6.45, 7) is -0.0838. The van der Waals surface area contributed by atoms with Crippen LogP contribution >= 0.6 is 24.0 Å². The molecule has 0 spiro atoms. The number of alkyl halides is 3. The molecule has 0 unspecified atom stereocenters. The molecule has 0 heterocycles. The summed E-state index contributed by atoms with van der Waals surface area (Å²) >= 11 is 0. The normalized spacial score (nSPS) is 11.6. The number of benzene rings is 2. The summed E-state index contributed by atoms with van der Waals surface area (Å²) in [5, 5.41) is 6.19. The fourth-order valence-electron chi connectivity index (χ4n) is 2.34. The Balaban J connectivity index is 0.00000450. The summed E-state index contributed by atoms with van der Waals surface area (Å²) in [5.74, 6) is 0.658. The summed E-state index contributed by atoms with van der Waals surface area (Å²) in [6.07, 6.45) is -4.32. The topological polar surface area (TPSA) is 54.9 Å². The van der Waals surface area contributed by atoms with E-state index in [1.54, 1.807) is 43.4 Å². The minimum atomic E-state index is -4.32. The highest BCUT2D eigenvalue weighted by molar-refractivity contribution is 14.0. The zero-order chi connectivity index (χ0) is 21.1. The number of hydrogen-bond donors (Lipinski definition) is 2. The first kappa shape index (κ1) is 26.0. The van der Waals surface area contributed by atoms with Crippen LogP contribution in [-0.4, -0.2) is 38.9 Å². The summed E-state index contributed by atoms with van der Waals surface area (Å²) in [6, 6.07) is 13.0. The Labute approximate surface area is 189 Å². The molecule has 2 N–H and O–H groups in total. The first-order valence-corrected chi connectivity index (χ1v) is 8.91. The fraction of sp³-hybridized carbons (Fsp3) is 0.350. The van der Waals surface area contributed by atoms with Gasteiger partial charge in [0.1, 0.15) is 24.8 Å². The molecule has 0 aromatic heterocycles. The van der Waals surface area contributed by atoms with E-state index < -0.39 is 12.8 Å². The minimum Gasteiger partial charge on any atom is -0.492 e. The van der Waals surface area contributed by atoms with E-state index in [2.05, 4.69) is 20.4 Å². The van der Waals surface area contributed by atoms with Gasteiger partial charge in [0.25, 0.3) is 0 Å². The van der Waals surface area contributed by atoms with Crippen molar-refractivity contribution in [2.45, 2.75) is 19.3 Å². The first-order valence-electron chi connectivity index (χ1n) is 8.91. The third-order valence-corrected chi connectivity index (χ3v) is 3.70. The van der Waals surface area contributed by atoms with Crippen LogP contribution in [0.15, 0.2) is 53.5 Å². The molecule has 0 fully saturated rings. The van der Waals surface area contributed by atoms with Crippen LogP contribution in [-0.2, 0) is 17.9 Å². The molecule has 0 saturated heterocycles. The molecule has 5 nitrogen and oxygen atoms in total. The monoisotopic (exact) mass is 541 g/mol. The minimum absolute atomic E-state index is 0. The molecule has 10 heteroatoms. The molecule has 0 aliphatic rings. The molecule has 2 rings (SSSR count). The molecule has 0 radical (unpaired) electrons. The largest absolute Gasteiger partial charge is 0.492 e. The van der Waals surface area contributed by atoms with Crippen LogP contribution in [0.3, 0.4) is 0 Å². The summed E-state index contributed by atoms with van der Waals surface area (Å²) < 4.78 is 59.4. The lowest BCUT2D eigenvalue weighted by Gasteiger charge is -2.13. The number of guanidine groups is 1. The molecule has 0 atom stereocenters. The van der Waals surface area contributed by atoms with Crippen molar-refractivity contribution in [3.63, 3.8) is 0 Å². The molecule has 0 saturated carbocycles. The Morgan fingerprint density at radius 2 is 1.73 bits per heavy atom. The van der Waals surface area contributed by atoms with E-state index in [0.29, 0.717) is 37.0 Å². The second-order valence-corrected chi connectivity index (χ2v) is 6.08. The molecule has 30 heavy (non-hydrogen) atoms. The van der Waals surface area contributed by atoms with Gasteiger partial charge in [0.05, 0.1) is 13.2 Å². The standard InChI is InChI=1S/C20H23F4N3O2.HI/c1-25-19(26-9-10-29-18-4-2-3-17(21)11-18)27-12-15-5-7-16(8-6-15)13-28-14-20(22,23)24;/h2-8,11H,9-10,12-14H2,1H3,(H2,25,26,27);1H. The fourth-order valence-corrected chi connectivity index (χ4v) is 2.34. The van der Waals surface area contributed by atoms with E-state index >= 15 is 0 Å². The van der Waals surface area contributed by atoms with E-state index in [9.17, 15) is 17.6 Å². The predicted molar refractivity (Wildman–Crippen MR) is 118 cm³/mol. The molecule has 2 aromatic carbocycles. The molecule has 0 bridgehead atoms. The molecule has 0 aliphatic carbocycles. The summed E-state index contributed by atoms with van der Waals surface area (Å²) in [4.78, 5) is 4.10. The van der Waals surface area contributed by atoms with Gasteiger partial charge in [-0.25, -0.2) is 4.39 Å². The number of nitrogens with zero attached hydrogens (tertiary/aromatic N) is 1. The van der Waals surface area contributed by atoms with Crippen molar-refractivity contribution >= 4 is 29.9 Å². The first-order chi connectivity index (χ1) is 13.9. The molecular formula is C20H24F4IN3O2. The SMILES string of the molecule is CN=C(NCCOc1cccc(F)c1)NCc1ccc(COCC(F)(F)F)cc1.I. The van der Waals surface area contributed by atoms with Crippen molar-refractivity contribution in [3.8, 4) is 5.75 Å². The van der Waals surface area contributed by atoms with Crippen LogP contribution < -0.4 is 15.4 Å². The Hall–Kier alpha value is -2.08. The van der Waals surface area contributed by atoms with Gasteiger partial charge in [-0.15, -0.1) is 24.0 Å². The summed E-state index contributed by atoms with van der Waals surface area (Å²) in [5.41, 5.74) is 1.60. The Kier molecular flexibility index (Phi) is 11.5. The molecule has 2 aromatic rings. The maximum absolute atomic E-state index is 13.1. The van der Waals surface area contributed by atoms with Crippen molar-refractivity contribution < 1.29 is 27.0 Å². The zero-order valence-corrected chi connectivity index (χ0v) is 18.7. The lowest BCUT2D eigenvalue weighted by Crippen LogP contribution is -2.38. The average Bonchev–Trinajstić information content (AvgIpc) is 2.67. The molecule has 166 valence electrons.